The zero-order valence-electron chi connectivity index (χ0n) is 15.4. The Morgan fingerprint density at radius 3 is 2.58 bits per heavy atom. The Labute approximate surface area is 150 Å². The van der Waals surface area contributed by atoms with E-state index in [4.69, 9.17) is 26.5 Å². The molecule has 0 aliphatic rings. The minimum atomic E-state index is -1.77. The highest BCUT2D eigenvalue weighted by molar-refractivity contribution is 6.74. The summed E-state index contributed by atoms with van der Waals surface area (Å²) in [6.07, 6.45) is 1.70. The van der Waals surface area contributed by atoms with Crippen LogP contribution in [0.5, 0.6) is 5.75 Å². The molecule has 1 aromatic carbocycles. The Balaban J connectivity index is 2.14. The summed E-state index contributed by atoms with van der Waals surface area (Å²) in [5.74, 6) is 0.709. The van der Waals surface area contributed by atoms with Crippen LogP contribution in [0.2, 0.25) is 23.2 Å². The first-order valence-corrected chi connectivity index (χ1v) is 11.5. The Morgan fingerprint density at radius 2 is 2.00 bits per heavy atom. The Hall–Kier alpha value is -1.08. The van der Waals surface area contributed by atoms with Gasteiger partial charge in [0.25, 0.3) is 0 Å². The molecule has 0 saturated heterocycles. The topological polar surface area (TPSA) is 73.2 Å². The molecule has 0 fully saturated rings. The number of aromatic nitrogens is 2. The lowest BCUT2D eigenvalue weighted by atomic mass is 10.1. The third kappa shape index (κ3) is 3.94. The van der Waals surface area contributed by atoms with Crippen molar-refractivity contribution in [3.8, 4) is 5.75 Å². The number of hydrogen-bond acceptors (Lipinski definition) is 4. The number of fused-ring (bicyclic) bond motifs is 1. The molecule has 2 rings (SSSR count). The number of nitrogens with zero attached hydrogens (tertiary/aromatic N) is 1. The zero-order valence-corrected chi connectivity index (χ0v) is 17.1. The molecule has 3 N–H and O–H groups in total. The van der Waals surface area contributed by atoms with Gasteiger partial charge in [-0.25, -0.2) is 0 Å². The smallest absolute Gasteiger partial charge is 0.192 e. The van der Waals surface area contributed by atoms with Crippen LogP contribution in [0.15, 0.2) is 12.3 Å². The van der Waals surface area contributed by atoms with Crippen LogP contribution in [-0.2, 0) is 4.43 Å². The molecule has 1 aromatic heterocycles. The number of benzene rings is 1. The van der Waals surface area contributed by atoms with E-state index in [-0.39, 0.29) is 11.1 Å². The highest BCUT2D eigenvalue weighted by Gasteiger charge is 2.36. The molecule has 0 saturated carbocycles. The molecule has 5 nitrogen and oxygen atoms in total. The van der Waals surface area contributed by atoms with Crippen molar-refractivity contribution >= 4 is 30.8 Å². The van der Waals surface area contributed by atoms with Crippen molar-refractivity contribution in [2.75, 3.05) is 13.2 Å². The molecular weight excluding hydrogens is 342 g/mol. The lowest BCUT2D eigenvalue weighted by Crippen LogP contribution is -2.41. The van der Waals surface area contributed by atoms with Crippen LogP contribution in [0.4, 0.5) is 0 Å². The minimum absolute atomic E-state index is 0.181. The molecule has 0 spiro atoms. The maximum Gasteiger partial charge on any atom is 0.192 e. The molecule has 1 unspecified atom stereocenters. The second-order valence-corrected chi connectivity index (χ2v) is 12.9. The van der Waals surface area contributed by atoms with E-state index in [2.05, 4.69) is 44.1 Å². The van der Waals surface area contributed by atoms with E-state index in [9.17, 15) is 0 Å². The SMILES string of the molecule is CC(N)c1cc(Cl)c2cn[nH]c2c1OCCO[Si](C)(C)C(C)(C)C. The zero-order chi connectivity index (χ0) is 18.1. The highest BCUT2D eigenvalue weighted by atomic mass is 35.5. The number of ether oxygens (including phenoxy) is 1. The predicted molar refractivity (Wildman–Crippen MR) is 102 cm³/mol. The van der Waals surface area contributed by atoms with Crippen LogP contribution in [-0.4, -0.2) is 31.7 Å². The molecule has 0 bridgehead atoms. The maximum absolute atomic E-state index is 6.30. The van der Waals surface area contributed by atoms with Crippen molar-refractivity contribution in [1.29, 1.82) is 0 Å². The normalized spacial score (nSPS) is 14.2. The van der Waals surface area contributed by atoms with Crippen molar-refractivity contribution in [1.82, 2.24) is 10.2 Å². The van der Waals surface area contributed by atoms with Crippen LogP contribution in [0, 0.1) is 0 Å². The summed E-state index contributed by atoms with van der Waals surface area (Å²) in [4.78, 5) is 0. The molecule has 24 heavy (non-hydrogen) atoms. The van der Waals surface area contributed by atoms with E-state index >= 15 is 0 Å². The van der Waals surface area contributed by atoms with Crippen molar-refractivity contribution in [2.45, 2.75) is 51.9 Å². The molecule has 0 radical (unpaired) electrons. The van der Waals surface area contributed by atoms with E-state index in [1.54, 1.807) is 6.20 Å². The number of rotatable bonds is 6. The fourth-order valence-electron chi connectivity index (χ4n) is 2.22. The summed E-state index contributed by atoms with van der Waals surface area (Å²) >= 11 is 6.30. The number of nitrogens with two attached hydrogens (primary N) is 1. The van der Waals surface area contributed by atoms with Gasteiger partial charge in [0.2, 0.25) is 0 Å². The van der Waals surface area contributed by atoms with E-state index in [0.717, 1.165) is 16.5 Å². The first kappa shape index (κ1) is 19.2. The molecule has 2 aromatic rings. The van der Waals surface area contributed by atoms with Crippen molar-refractivity contribution < 1.29 is 9.16 Å². The summed E-state index contributed by atoms with van der Waals surface area (Å²) in [5, 5.41) is 8.66. The van der Waals surface area contributed by atoms with Crippen LogP contribution in [0.1, 0.15) is 39.3 Å². The first-order chi connectivity index (χ1) is 11.0. The molecule has 1 heterocycles. The van der Waals surface area contributed by atoms with Gasteiger partial charge >= 0.3 is 0 Å². The monoisotopic (exact) mass is 369 g/mol. The second-order valence-electron chi connectivity index (χ2n) is 7.68. The Bertz CT molecular complexity index is 708. The number of H-pyrrole nitrogens is 1. The van der Waals surface area contributed by atoms with Crippen molar-refractivity contribution in [3.63, 3.8) is 0 Å². The Kier molecular flexibility index (Phi) is 5.64. The van der Waals surface area contributed by atoms with Gasteiger partial charge in [0.1, 0.15) is 17.9 Å². The van der Waals surface area contributed by atoms with Crippen molar-refractivity contribution in [2.24, 2.45) is 5.73 Å². The van der Waals surface area contributed by atoms with Gasteiger partial charge in [-0.05, 0) is 31.1 Å². The van der Waals surface area contributed by atoms with Gasteiger partial charge < -0.3 is 14.9 Å². The molecule has 134 valence electrons. The van der Waals surface area contributed by atoms with Crippen molar-refractivity contribution in [3.05, 3.63) is 22.8 Å². The summed E-state index contributed by atoms with van der Waals surface area (Å²) < 4.78 is 12.2. The molecule has 0 aliphatic carbocycles. The molecule has 7 heteroatoms. The Morgan fingerprint density at radius 1 is 1.33 bits per heavy atom. The van der Waals surface area contributed by atoms with Gasteiger partial charge in [-0.1, -0.05) is 32.4 Å². The first-order valence-electron chi connectivity index (χ1n) is 8.22. The van der Waals surface area contributed by atoms with Gasteiger partial charge in [0, 0.05) is 17.0 Å². The molecule has 0 aliphatic heterocycles. The third-order valence-corrected chi connectivity index (χ3v) is 9.61. The van der Waals surface area contributed by atoms with Gasteiger partial charge in [-0.15, -0.1) is 0 Å². The van der Waals surface area contributed by atoms with Gasteiger partial charge in [0.05, 0.1) is 17.8 Å². The lowest BCUT2D eigenvalue weighted by molar-refractivity contribution is 0.203. The molecule has 1 atom stereocenters. The van der Waals surface area contributed by atoms with Crippen LogP contribution >= 0.6 is 11.6 Å². The molecular formula is C17H28ClN3O2Si. The van der Waals surface area contributed by atoms with E-state index in [1.165, 1.54) is 0 Å². The summed E-state index contributed by atoms with van der Waals surface area (Å²) in [5.41, 5.74) is 7.72. The van der Waals surface area contributed by atoms with E-state index < -0.39 is 8.32 Å². The van der Waals surface area contributed by atoms with Crippen LogP contribution < -0.4 is 10.5 Å². The largest absolute Gasteiger partial charge is 0.489 e. The predicted octanol–water partition coefficient (Wildman–Crippen LogP) is 4.64. The number of halogens is 1. The average Bonchev–Trinajstić information content (AvgIpc) is 2.93. The highest BCUT2D eigenvalue weighted by Crippen LogP contribution is 2.38. The fraction of sp³-hybridized carbons (Fsp3) is 0.588. The summed E-state index contributed by atoms with van der Waals surface area (Å²) in [6.45, 7) is 14.1. The maximum atomic E-state index is 6.30. The second kappa shape index (κ2) is 7.04. The van der Waals surface area contributed by atoms with Gasteiger partial charge in [-0.3, -0.25) is 5.10 Å². The minimum Gasteiger partial charge on any atom is -0.489 e. The van der Waals surface area contributed by atoms with Gasteiger partial charge in [-0.2, -0.15) is 5.10 Å². The quantitative estimate of drug-likeness (QED) is 0.574. The van der Waals surface area contributed by atoms with E-state index in [0.29, 0.717) is 24.0 Å². The average molecular weight is 370 g/mol. The number of nitrogens with one attached hydrogen (secondary N) is 1. The third-order valence-electron chi connectivity index (χ3n) is 4.76. The number of aromatic amines is 1. The standard InChI is InChI=1S/C17H28ClN3O2Si/c1-11(19)12-9-14(18)13-10-20-21-15(13)16(12)22-7-8-23-24(5,6)17(2,3)4/h9-11H,7-8,19H2,1-6H3,(H,20,21). The molecule has 0 amide bonds. The van der Waals surface area contributed by atoms with Gasteiger partial charge in [0.15, 0.2) is 8.32 Å². The summed E-state index contributed by atoms with van der Waals surface area (Å²) in [7, 11) is -1.77. The summed E-state index contributed by atoms with van der Waals surface area (Å²) in [6, 6.07) is 1.67. The number of hydrogen-bond donors (Lipinski definition) is 2. The van der Waals surface area contributed by atoms with Crippen LogP contribution in [0.25, 0.3) is 10.9 Å². The van der Waals surface area contributed by atoms with Crippen LogP contribution in [0.3, 0.4) is 0 Å². The van der Waals surface area contributed by atoms with E-state index in [1.807, 2.05) is 13.0 Å². The lowest BCUT2D eigenvalue weighted by Gasteiger charge is -2.36. The fourth-order valence-corrected chi connectivity index (χ4v) is 3.50.